The summed E-state index contributed by atoms with van der Waals surface area (Å²) in [6.45, 7) is 6.90. The van der Waals surface area contributed by atoms with E-state index in [4.69, 9.17) is 5.11 Å². The molecule has 28 heavy (non-hydrogen) atoms. The van der Waals surface area contributed by atoms with Gasteiger partial charge < -0.3 is 15.1 Å². The van der Waals surface area contributed by atoms with Crippen LogP contribution in [0.3, 0.4) is 0 Å². The van der Waals surface area contributed by atoms with Gasteiger partial charge in [0.1, 0.15) is 0 Å². The average Bonchev–Trinajstić information content (AvgIpc) is 3.02. The summed E-state index contributed by atoms with van der Waals surface area (Å²) in [7, 11) is 0. The van der Waals surface area contributed by atoms with E-state index in [0.29, 0.717) is 19.4 Å². The number of unbranched alkanes of at least 4 members (excludes halogenated alkanes) is 1. The molecule has 0 aliphatic carbocycles. The molecule has 1 aromatic carbocycles. The van der Waals surface area contributed by atoms with Crippen LogP contribution in [0.15, 0.2) is 36.4 Å². The number of benzene rings is 1. The molecule has 2 rings (SSSR count). The maximum absolute atomic E-state index is 12.3. The predicted molar refractivity (Wildman–Crippen MR) is 110 cm³/mol. The van der Waals surface area contributed by atoms with Crippen molar-refractivity contribution in [2.24, 2.45) is 5.41 Å². The third-order valence-electron chi connectivity index (χ3n) is 5.71. The Labute approximate surface area is 168 Å². The van der Waals surface area contributed by atoms with Crippen LogP contribution in [0.25, 0.3) is 0 Å². The number of aromatic carboxylic acids is 1. The number of carboxylic acid groups (broad SMARTS) is 1. The van der Waals surface area contributed by atoms with Crippen molar-refractivity contribution in [1.82, 2.24) is 4.90 Å². The van der Waals surface area contributed by atoms with Gasteiger partial charge in [-0.1, -0.05) is 57.9 Å². The Balaban J connectivity index is 1.95. The van der Waals surface area contributed by atoms with Gasteiger partial charge in [-0.2, -0.15) is 0 Å². The Kier molecular flexibility index (Phi) is 7.81. The fraction of sp³-hybridized carbons (Fsp3) is 0.565. The van der Waals surface area contributed by atoms with Crippen molar-refractivity contribution >= 4 is 11.9 Å². The highest BCUT2D eigenvalue weighted by Gasteiger charge is 2.30. The second-order valence-electron chi connectivity index (χ2n) is 8.37. The molecule has 1 aliphatic heterocycles. The molecular weight excluding hydrogens is 354 g/mol. The predicted octanol–water partition coefficient (Wildman–Crippen LogP) is 4.05. The number of likely N-dealkylation sites (tertiary alicyclic amines) is 1. The van der Waals surface area contributed by atoms with E-state index in [1.165, 1.54) is 0 Å². The number of aliphatic hydroxyl groups excluding tert-OH is 1. The fourth-order valence-electron chi connectivity index (χ4n) is 3.58. The quantitative estimate of drug-likeness (QED) is 0.594. The van der Waals surface area contributed by atoms with Crippen LogP contribution < -0.4 is 0 Å². The number of hydrogen-bond acceptors (Lipinski definition) is 3. The second-order valence-corrected chi connectivity index (χ2v) is 8.37. The van der Waals surface area contributed by atoms with Gasteiger partial charge in [-0.15, -0.1) is 0 Å². The number of nitrogens with zero attached hydrogens (tertiary/aromatic N) is 1. The lowest BCUT2D eigenvalue weighted by atomic mass is 9.81. The maximum atomic E-state index is 12.3. The first-order chi connectivity index (χ1) is 13.2. The normalized spacial score (nSPS) is 18.8. The van der Waals surface area contributed by atoms with E-state index in [9.17, 15) is 14.7 Å². The molecule has 0 saturated carbocycles. The molecule has 5 heteroatoms. The monoisotopic (exact) mass is 387 g/mol. The van der Waals surface area contributed by atoms with Gasteiger partial charge in [0.15, 0.2) is 0 Å². The summed E-state index contributed by atoms with van der Waals surface area (Å²) >= 11 is 0. The standard InChI is InChI=1S/C23H33NO4/c1-4-5-15-23(2,3)20(25)12-10-19-11-13-21(26)24(19)16-14-17-6-8-18(9-7-17)22(27)28/h6-10,12,19-20,25H,4-5,11,13-16H2,1-3H3,(H,27,28)/t19-,20+/m0/s1. The first-order valence-corrected chi connectivity index (χ1v) is 10.2. The zero-order valence-corrected chi connectivity index (χ0v) is 17.2. The van der Waals surface area contributed by atoms with Gasteiger partial charge in [-0.25, -0.2) is 4.79 Å². The third-order valence-corrected chi connectivity index (χ3v) is 5.71. The summed E-state index contributed by atoms with van der Waals surface area (Å²) in [5.41, 5.74) is 1.10. The number of carbonyl (C=O) groups is 2. The van der Waals surface area contributed by atoms with Crippen molar-refractivity contribution in [3.05, 3.63) is 47.5 Å². The summed E-state index contributed by atoms with van der Waals surface area (Å²) in [4.78, 5) is 25.1. The molecule has 1 saturated heterocycles. The molecule has 5 nitrogen and oxygen atoms in total. The van der Waals surface area contributed by atoms with Crippen molar-refractivity contribution < 1.29 is 19.8 Å². The summed E-state index contributed by atoms with van der Waals surface area (Å²) in [5.74, 6) is -0.802. The number of carbonyl (C=O) groups excluding carboxylic acids is 1. The molecule has 1 aromatic rings. The van der Waals surface area contributed by atoms with Crippen LogP contribution in [0, 0.1) is 5.41 Å². The van der Waals surface area contributed by atoms with E-state index in [-0.39, 0.29) is 22.9 Å². The zero-order valence-electron chi connectivity index (χ0n) is 17.2. The minimum Gasteiger partial charge on any atom is -0.478 e. The minimum absolute atomic E-state index is 0.0161. The van der Waals surface area contributed by atoms with Crippen LogP contribution in [0.1, 0.15) is 68.8 Å². The largest absolute Gasteiger partial charge is 0.478 e. The number of carboxylic acids is 1. The van der Waals surface area contributed by atoms with Crippen LogP contribution in [0.5, 0.6) is 0 Å². The maximum Gasteiger partial charge on any atom is 0.335 e. The second kappa shape index (κ2) is 9.87. The Morgan fingerprint density at radius 2 is 2.00 bits per heavy atom. The first kappa shape index (κ1) is 22.2. The third kappa shape index (κ3) is 5.93. The topological polar surface area (TPSA) is 77.8 Å². The number of hydrogen-bond donors (Lipinski definition) is 2. The summed E-state index contributed by atoms with van der Waals surface area (Å²) in [6, 6.07) is 6.80. The molecule has 1 aliphatic rings. The van der Waals surface area contributed by atoms with Crippen molar-refractivity contribution in [2.45, 2.75) is 71.4 Å². The fourth-order valence-corrected chi connectivity index (χ4v) is 3.58. The highest BCUT2D eigenvalue weighted by molar-refractivity contribution is 5.87. The molecule has 0 radical (unpaired) electrons. The van der Waals surface area contributed by atoms with Crippen LogP contribution in [-0.2, 0) is 11.2 Å². The molecule has 2 atom stereocenters. The van der Waals surface area contributed by atoms with E-state index in [1.807, 2.05) is 17.1 Å². The minimum atomic E-state index is -0.938. The average molecular weight is 388 g/mol. The molecule has 0 spiro atoms. The van der Waals surface area contributed by atoms with Crippen LogP contribution in [0.4, 0.5) is 0 Å². The molecule has 2 N–H and O–H groups in total. The van der Waals surface area contributed by atoms with Gasteiger partial charge in [0, 0.05) is 13.0 Å². The van der Waals surface area contributed by atoms with Crippen molar-refractivity contribution in [3.63, 3.8) is 0 Å². The van der Waals surface area contributed by atoms with Crippen LogP contribution in [-0.4, -0.2) is 45.7 Å². The van der Waals surface area contributed by atoms with Gasteiger partial charge >= 0.3 is 5.97 Å². The summed E-state index contributed by atoms with van der Waals surface area (Å²) in [5, 5.41) is 19.5. The van der Waals surface area contributed by atoms with Crippen molar-refractivity contribution in [1.29, 1.82) is 0 Å². The van der Waals surface area contributed by atoms with E-state index in [0.717, 1.165) is 31.2 Å². The van der Waals surface area contributed by atoms with Gasteiger partial charge in [-0.3, -0.25) is 4.79 Å². The summed E-state index contributed by atoms with van der Waals surface area (Å²) < 4.78 is 0. The molecule has 0 unspecified atom stereocenters. The van der Waals surface area contributed by atoms with Gasteiger partial charge in [0.05, 0.1) is 17.7 Å². The van der Waals surface area contributed by atoms with E-state index in [1.54, 1.807) is 24.3 Å². The van der Waals surface area contributed by atoms with Gasteiger partial charge in [0.2, 0.25) is 5.91 Å². The smallest absolute Gasteiger partial charge is 0.335 e. The SMILES string of the molecule is CCCCC(C)(C)[C@H](O)C=C[C@H]1CCC(=O)N1CCc1ccc(C(=O)O)cc1. The zero-order chi connectivity index (χ0) is 20.7. The summed E-state index contributed by atoms with van der Waals surface area (Å²) in [6.07, 6.45) is 8.46. The van der Waals surface area contributed by atoms with E-state index in [2.05, 4.69) is 20.8 Å². The Morgan fingerprint density at radius 3 is 2.61 bits per heavy atom. The Hall–Kier alpha value is -2.14. The highest BCUT2D eigenvalue weighted by Crippen LogP contribution is 2.29. The molecule has 0 aromatic heterocycles. The van der Waals surface area contributed by atoms with Crippen molar-refractivity contribution in [2.75, 3.05) is 6.54 Å². The number of amides is 1. The molecule has 0 bridgehead atoms. The van der Waals surface area contributed by atoms with E-state index < -0.39 is 12.1 Å². The molecule has 1 heterocycles. The first-order valence-electron chi connectivity index (χ1n) is 10.2. The molecule has 1 amide bonds. The van der Waals surface area contributed by atoms with Crippen molar-refractivity contribution in [3.8, 4) is 0 Å². The number of aliphatic hydroxyl groups is 1. The molecular formula is C23H33NO4. The van der Waals surface area contributed by atoms with Gasteiger partial charge in [0.25, 0.3) is 0 Å². The van der Waals surface area contributed by atoms with Gasteiger partial charge in [-0.05, 0) is 42.4 Å². The lowest BCUT2D eigenvalue weighted by Crippen LogP contribution is -2.34. The molecule has 154 valence electrons. The Bertz CT molecular complexity index is 693. The number of rotatable bonds is 10. The molecule has 1 fully saturated rings. The Morgan fingerprint density at radius 1 is 1.32 bits per heavy atom. The van der Waals surface area contributed by atoms with Crippen LogP contribution in [0.2, 0.25) is 0 Å². The lowest BCUT2D eigenvalue weighted by Gasteiger charge is -2.29. The highest BCUT2D eigenvalue weighted by atomic mass is 16.4. The van der Waals surface area contributed by atoms with E-state index >= 15 is 0 Å². The lowest BCUT2D eigenvalue weighted by molar-refractivity contribution is -0.128. The van der Waals surface area contributed by atoms with Crippen LogP contribution >= 0.6 is 0 Å².